The van der Waals surface area contributed by atoms with E-state index in [1.165, 1.54) is 0 Å². The fourth-order valence-electron chi connectivity index (χ4n) is 1.63. The average Bonchev–Trinajstić information content (AvgIpc) is 2.33. The van der Waals surface area contributed by atoms with E-state index < -0.39 is 17.3 Å². The van der Waals surface area contributed by atoms with E-state index in [1.807, 2.05) is 13.0 Å². The summed E-state index contributed by atoms with van der Waals surface area (Å²) in [5, 5.41) is 8.77. The van der Waals surface area contributed by atoms with Gasteiger partial charge in [-0.1, -0.05) is 12.1 Å². The van der Waals surface area contributed by atoms with Crippen LogP contribution >= 0.6 is 0 Å². The normalized spacial score (nSPS) is 10.2. The molecule has 0 unspecified atom stereocenters. The van der Waals surface area contributed by atoms with Crippen LogP contribution in [-0.2, 0) is 0 Å². The Morgan fingerprint density at radius 3 is 2.68 bits per heavy atom. The number of ether oxygens (including phenoxy) is 1. The lowest BCUT2D eigenvalue weighted by Crippen LogP contribution is -2.03. The van der Waals surface area contributed by atoms with Gasteiger partial charge in [0, 0.05) is 6.07 Å². The van der Waals surface area contributed by atoms with Crippen molar-refractivity contribution in [2.45, 2.75) is 6.92 Å². The van der Waals surface area contributed by atoms with Crippen LogP contribution in [0.3, 0.4) is 0 Å². The second-order valence-electron chi connectivity index (χ2n) is 4.09. The minimum atomic E-state index is -1.37. The Hall–Kier alpha value is -2.56. The molecule has 0 bridgehead atoms. The summed E-state index contributed by atoms with van der Waals surface area (Å²) < 4.78 is 19.0. The highest BCUT2D eigenvalue weighted by Crippen LogP contribution is 2.30. The Labute approximate surface area is 109 Å². The SMILES string of the molecule is Cc1cccc(Oc2cc(F)c(C(=O)O)cc2N)c1. The Balaban J connectivity index is 2.36. The van der Waals surface area contributed by atoms with Gasteiger partial charge in [0.2, 0.25) is 0 Å². The zero-order chi connectivity index (χ0) is 14.0. The maximum absolute atomic E-state index is 13.5. The molecule has 0 aliphatic carbocycles. The maximum Gasteiger partial charge on any atom is 0.338 e. The number of anilines is 1. The van der Waals surface area contributed by atoms with Crippen molar-refractivity contribution in [3.8, 4) is 11.5 Å². The van der Waals surface area contributed by atoms with Crippen molar-refractivity contribution in [2.75, 3.05) is 5.73 Å². The Bertz CT molecular complexity index is 641. The number of hydrogen-bond acceptors (Lipinski definition) is 3. The van der Waals surface area contributed by atoms with Crippen molar-refractivity contribution in [1.29, 1.82) is 0 Å². The van der Waals surface area contributed by atoms with Crippen molar-refractivity contribution in [2.24, 2.45) is 0 Å². The second-order valence-corrected chi connectivity index (χ2v) is 4.09. The summed E-state index contributed by atoms with van der Waals surface area (Å²) in [4.78, 5) is 10.8. The molecule has 0 aliphatic heterocycles. The molecule has 0 radical (unpaired) electrons. The Morgan fingerprint density at radius 1 is 1.32 bits per heavy atom. The van der Waals surface area contributed by atoms with Crippen LogP contribution in [0, 0.1) is 12.7 Å². The molecule has 0 heterocycles. The van der Waals surface area contributed by atoms with E-state index in [0.29, 0.717) is 5.75 Å². The van der Waals surface area contributed by atoms with Gasteiger partial charge in [-0.15, -0.1) is 0 Å². The van der Waals surface area contributed by atoms with E-state index in [-0.39, 0.29) is 11.4 Å². The number of hydrogen-bond donors (Lipinski definition) is 2. The maximum atomic E-state index is 13.5. The molecule has 19 heavy (non-hydrogen) atoms. The van der Waals surface area contributed by atoms with Crippen molar-refractivity contribution in [3.63, 3.8) is 0 Å². The van der Waals surface area contributed by atoms with Gasteiger partial charge in [-0.2, -0.15) is 0 Å². The fourth-order valence-corrected chi connectivity index (χ4v) is 1.63. The predicted molar refractivity (Wildman–Crippen MR) is 69.0 cm³/mol. The van der Waals surface area contributed by atoms with Crippen LogP contribution < -0.4 is 10.5 Å². The number of carbonyl (C=O) groups is 1. The molecule has 0 saturated carbocycles. The lowest BCUT2D eigenvalue weighted by Gasteiger charge is -2.10. The Morgan fingerprint density at radius 2 is 2.05 bits per heavy atom. The summed E-state index contributed by atoms with van der Waals surface area (Å²) >= 11 is 0. The summed E-state index contributed by atoms with van der Waals surface area (Å²) in [5.74, 6) is -1.65. The summed E-state index contributed by atoms with van der Waals surface area (Å²) in [6.45, 7) is 1.89. The van der Waals surface area contributed by atoms with Crippen molar-refractivity contribution < 1.29 is 19.0 Å². The van der Waals surface area contributed by atoms with Crippen LogP contribution in [0.15, 0.2) is 36.4 Å². The molecule has 2 rings (SSSR count). The first-order chi connectivity index (χ1) is 8.97. The number of halogens is 1. The Kier molecular flexibility index (Phi) is 3.37. The van der Waals surface area contributed by atoms with Crippen molar-refractivity contribution in [3.05, 3.63) is 53.3 Å². The van der Waals surface area contributed by atoms with E-state index in [2.05, 4.69) is 0 Å². The van der Waals surface area contributed by atoms with Gasteiger partial charge in [-0.3, -0.25) is 0 Å². The molecule has 0 amide bonds. The third-order valence-corrected chi connectivity index (χ3v) is 2.55. The lowest BCUT2D eigenvalue weighted by molar-refractivity contribution is 0.0692. The highest BCUT2D eigenvalue weighted by atomic mass is 19.1. The van der Waals surface area contributed by atoms with Gasteiger partial charge in [0.25, 0.3) is 0 Å². The first-order valence-electron chi connectivity index (χ1n) is 5.54. The minimum Gasteiger partial charge on any atom is -0.478 e. The molecule has 0 fully saturated rings. The number of nitrogen functional groups attached to an aromatic ring is 1. The number of benzene rings is 2. The zero-order valence-electron chi connectivity index (χ0n) is 10.2. The molecular formula is C14H12FNO3. The number of nitrogens with two attached hydrogens (primary N) is 1. The quantitative estimate of drug-likeness (QED) is 0.832. The summed E-state index contributed by atoms with van der Waals surface area (Å²) in [6.07, 6.45) is 0. The van der Waals surface area contributed by atoms with Crippen molar-refractivity contribution in [1.82, 2.24) is 0 Å². The molecular weight excluding hydrogens is 249 g/mol. The second kappa shape index (κ2) is 4.97. The van der Waals surface area contributed by atoms with E-state index in [0.717, 1.165) is 17.7 Å². The number of carboxylic acids is 1. The monoisotopic (exact) mass is 261 g/mol. The molecule has 0 atom stereocenters. The summed E-state index contributed by atoms with van der Waals surface area (Å²) in [6, 6.07) is 9.18. The highest BCUT2D eigenvalue weighted by molar-refractivity contribution is 5.89. The van der Waals surface area contributed by atoms with Gasteiger partial charge in [0.15, 0.2) is 5.75 Å². The van der Waals surface area contributed by atoms with Crippen LogP contribution in [0.25, 0.3) is 0 Å². The largest absolute Gasteiger partial charge is 0.478 e. The van der Waals surface area contributed by atoms with E-state index in [4.69, 9.17) is 15.6 Å². The number of aryl methyl sites for hydroxylation is 1. The molecule has 2 aromatic rings. The van der Waals surface area contributed by atoms with Crippen LogP contribution in [0.1, 0.15) is 15.9 Å². The number of aromatic carboxylic acids is 1. The van der Waals surface area contributed by atoms with Crippen LogP contribution in [0.4, 0.5) is 10.1 Å². The molecule has 0 saturated heterocycles. The first kappa shape index (κ1) is 12.9. The third-order valence-electron chi connectivity index (χ3n) is 2.55. The molecule has 0 aliphatic rings. The van der Waals surface area contributed by atoms with Gasteiger partial charge >= 0.3 is 5.97 Å². The minimum absolute atomic E-state index is 0.0697. The predicted octanol–water partition coefficient (Wildman–Crippen LogP) is 3.21. The van der Waals surface area contributed by atoms with Gasteiger partial charge in [-0.25, -0.2) is 9.18 Å². The fraction of sp³-hybridized carbons (Fsp3) is 0.0714. The number of carboxylic acid groups (broad SMARTS) is 1. The number of rotatable bonds is 3. The van der Waals surface area contributed by atoms with E-state index in [1.54, 1.807) is 18.2 Å². The molecule has 2 aromatic carbocycles. The molecule has 98 valence electrons. The van der Waals surface area contributed by atoms with Gasteiger partial charge in [-0.05, 0) is 30.7 Å². The molecule has 3 N–H and O–H groups in total. The van der Waals surface area contributed by atoms with Gasteiger partial charge in [0.05, 0.1) is 11.3 Å². The standard InChI is InChI=1S/C14H12FNO3/c1-8-3-2-4-9(5-8)19-13-7-11(15)10(14(17)18)6-12(13)16/h2-7H,16H2,1H3,(H,17,18). The van der Waals surface area contributed by atoms with Gasteiger partial charge < -0.3 is 15.6 Å². The van der Waals surface area contributed by atoms with E-state index >= 15 is 0 Å². The molecule has 4 nitrogen and oxygen atoms in total. The third kappa shape index (κ3) is 2.82. The first-order valence-corrected chi connectivity index (χ1v) is 5.54. The van der Waals surface area contributed by atoms with Crippen molar-refractivity contribution >= 4 is 11.7 Å². The van der Waals surface area contributed by atoms with E-state index in [9.17, 15) is 9.18 Å². The summed E-state index contributed by atoms with van der Waals surface area (Å²) in [7, 11) is 0. The topological polar surface area (TPSA) is 72.5 Å². The zero-order valence-corrected chi connectivity index (χ0v) is 10.2. The van der Waals surface area contributed by atoms with Crippen LogP contribution in [0.5, 0.6) is 11.5 Å². The molecule has 5 heteroatoms. The lowest BCUT2D eigenvalue weighted by atomic mass is 10.1. The average molecular weight is 261 g/mol. The molecule has 0 spiro atoms. The smallest absolute Gasteiger partial charge is 0.338 e. The summed E-state index contributed by atoms with van der Waals surface area (Å²) in [5.41, 5.74) is 6.24. The van der Waals surface area contributed by atoms with Gasteiger partial charge in [0.1, 0.15) is 11.6 Å². The highest BCUT2D eigenvalue weighted by Gasteiger charge is 2.14. The van der Waals surface area contributed by atoms with Crippen LogP contribution in [-0.4, -0.2) is 11.1 Å². The van der Waals surface area contributed by atoms with Crippen LogP contribution in [0.2, 0.25) is 0 Å². The molecule has 0 aromatic heterocycles.